The van der Waals surface area contributed by atoms with Gasteiger partial charge in [-0.05, 0) is 25.1 Å². The van der Waals surface area contributed by atoms with E-state index in [2.05, 4.69) is 10.1 Å². The minimum Gasteiger partial charge on any atom is -0.336 e. The van der Waals surface area contributed by atoms with Crippen molar-refractivity contribution in [2.24, 2.45) is 0 Å². The molecule has 11 heteroatoms. The van der Waals surface area contributed by atoms with Gasteiger partial charge in [-0.15, -0.1) is 0 Å². The summed E-state index contributed by atoms with van der Waals surface area (Å²) in [5.74, 6) is -2.33. The second-order valence-corrected chi connectivity index (χ2v) is 10.0. The molecule has 0 spiro atoms. The van der Waals surface area contributed by atoms with E-state index in [1.54, 1.807) is 13.0 Å². The van der Waals surface area contributed by atoms with E-state index < -0.39 is 26.6 Å². The molecule has 4 aromatic rings. The summed E-state index contributed by atoms with van der Waals surface area (Å²) in [5, 5.41) is 4.45. The van der Waals surface area contributed by atoms with Crippen LogP contribution >= 0.6 is 0 Å². The Hall–Kier alpha value is -3.70. The molecule has 0 aliphatic carbocycles. The number of benzene rings is 2. The largest absolute Gasteiger partial charge is 0.336 e. The number of aromatic nitrogens is 2. The molecule has 0 N–H and O–H groups in total. The van der Waals surface area contributed by atoms with Crippen LogP contribution in [-0.2, 0) is 10.0 Å². The minimum absolute atomic E-state index is 0.0344. The number of halogens is 2. The highest BCUT2D eigenvalue weighted by molar-refractivity contribution is 7.89. The van der Waals surface area contributed by atoms with E-state index in [4.69, 9.17) is 4.52 Å². The van der Waals surface area contributed by atoms with Crippen molar-refractivity contribution < 1.29 is 26.5 Å². The van der Waals surface area contributed by atoms with Gasteiger partial charge in [-0.3, -0.25) is 4.79 Å². The van der Waals surface area contributed by atoms with Gasteiger partial charge in [0.25, 0.3) is 11.6 Å². The Labute approximate surface area is 199 Å². The molecule has 0 bridgehead atoms. The fourth-order valence-corrected chi connectivity index (χ4v) is 5.61. The van der Waals surface area contributed by atoms with Crippen LogP contribution in [0, 0.1) is 18.6 Å². The summed E-state index contributed by atoms with van der Waals surface area (Å²) in [7, 11) is -4.18. The number of hydrogen-bond acceptors (Lipinski definition) is 6. The lowest BCUT2D eigenvalue weighted by molar-refractivity contribution is 0.0699. The van der Waals surface area contributed by atoms with Crippen LogP contribution in [0.15, 0.2) is 64.0 Å². The molecular formula is C24H20F2N4O4S. The summed E-state index contributed by atoms with van der Waals surface area (Å²) in [6.45, 7) is 1.83. The summed E-state index contributed by atoms with van der Waals surface area (Å²) in [5.41, 5.74) is 2.46. The van der Waals surface area contributed by atoms with Gasteiger partial charge in [0, 0.05) is 37.8 Å². The molecule has 2 aromatic heterocycles. The predicted octanol–water partition coefficient (Wildman–Crippen LogP) is 3.62. The number of hydrogen-bond donors (Lipinski definition) is 0. The molecule has 35 heavy (non-hydrogen) atoms. The Kier molecular flexibility index (Phi) is 5.81. The zero-order valence-corrected chi connectivity index (χ0v) is 19.4. The summed E-state index contributed by atoms with van der Waals surface area (Å²) >= 11 is 0. The fraction of sp³-hybridized carbons (Fsp3) is 0.208. The van der Waals surface area contributed by atoms with Gasteiger partial charge in [-0.25, -0.2) is 22.2 Å². The van der Waals surface area contributed by atoms with Crippen LogP contribution < -0.4 is 0 Å². The van der Waals surface area contributed by atoms with Crippen molar-refractivity contribution >= 4 is 27.0 Å². The first kappa shape index (κ1) is 23.1. The van der Waals surface area contributed by atoms with Gasteiger partial charge in [0.05, 0.1) is 22.3 Å². The first-order valence-corrected chi connectivity index (χ1v) is 12.3. The highest BCUT2D eigenvalue weighted by Gasteiger charge is 2.33. The molecule has 0 saturated carbocycles. The van der Waals surface area contributed by atoms with Gasteiger partial charge in [-0.1, -0.05) is 35.5 Å². The Bertz CT molecular complexity index is 1530. The maximum absolute atomic E-state index is 14.1. The monoisotopic (exact) mass is 498 g/mol. The molecule has 0 radical (unpaired) electrons. The molecule has 3 heterocycles. The van der Waals surface area contributed by atoms with Crippen molar-refractivity contribution in [1.29, 1.82) is 0 Å². The van der Waals surface area contributed by atoms with E-state index >= 15 is 0 Å². The Morgan fingerprint density at radius 3 is 2.40 bits per heavy atom. The lowest BCUT2D eigenvalue weighted by Gasteiger charge is -2.34. The van der Waals surface area contributed by atoms with Crippen LogP contribution in [0.25, 0.3) is 22.4 Å². The quantitative estimate of drug-likeness (QED) is 0.426. The number of sulfonamides is 1. The van der Waals surface area contributed by atoms with Gasteiger partial charge < -0.3 is 9.42 Å². The summed E-state index contributed by atoms with van der Waals surface area (Å²) in [6.07, 6.45) is 0. The molecule has 0 unspecified atom stereocenters. The molecule has 0 atom stereocenters. The van der Waals surface area contributed by atoms with Gasteiger partial charge in [0.1, 0.15) is 16.5 Å². The van der Waals surface area contributed by atoms with E-state index in [-0.39, 0.29) is 37.8 Å². The topological polar surface area (TPSA) is 96.6 Å². The maximum Gasteiger partial charge on any atom is 0.259 e. The zero-order chi connectivity index (χ0) is 24.7. The normalized spacial score (nSPS) is 15.0. The third kappa shape index (κ3) is 4.17. The number of piperazine rings is 1. The third-order valence-electron chi connectivity index (χ3n) is 5.95. The van der Waals surface area contributed by atoms with E-state index in [0.29, 0.717) is 28.4 Å². The second kappa shape index (κ2) is 8.82. The standard InChI is InChI=1S/C24H20F2N4O4S/c1-15-22-18(14-20(27-23(22)34-28-15)16-5-3-2-4-6-16)24(31)29-9-11-30(12-10-29)35(32,33)21-8-7-17(25)13-19(21)26/h2-8,13-14H,9-12H2,1H3. The van der Waals surface area contributed by atoms with Gasteiger partial charge >= 0.3 is 0 Å². The van der Waals surface area contributed by atoms with Crippen molar-refractivity contribution in [2.75, 3.05) is 26.2 Å². The molecule has 1 aliphatic rings. The lowest BCUT2D eigenvalue weighted by Crippen LogP contribution is -2.50. The van der Waals surface area contributed by atoms with Crippen molar-refractivity contribution in [2.45, 2.75) is 11.8 Å². The molecule has 2 aromatic carbocycles. The summed E-state index contributed by atoms with van der Waals surface area (Å²) in [4.78, 5) is 19.0. The van der Waals surface area contributed by atoms with Crippen LogP contribution in [0.3, 0.4) is 0 Å². The Morgan fingerprint density at radius 2 is 1.71 bits per heavy atom. The van der Waals surface area contributed by atoms with E-state index in [9.17, 15) is 22.0 Å². The predicted molar refractivity (Wildman–Crippen MR) is 123 cm³/mol. The molecule has 8 nitrogen and oxygen atoms in total. The van der Waals surface area contributed by atoms with Crippen LogP contribution in [0.4, 0.5) is 8.78 Å². The van der Waals surface area contributed by atoms with Crippen molar-refractivity contribution in [1.82, 2.24) is 19.3 Å². The highest BCUT2D eigenvalue weighted by atomic mass is 32.2. The first-order valence-electron chi connectivity index (χ1n) is 10.8. The number of rotatable bonds is 4. The fourth-order valence-electron chi connectivity index (χ4n) is 4.15. The summed E-state index contributed by atoms with van der Waals surface area (Å²) in [6, 6.07) is 13.3. The van der Waals surface area contributed by atoms with Crippen LogP contribution in [0.1, 0.15) is 16.1 Å². The number of carbonyl (C=O) groups is 1. The van der Waals surface area contributed by atoms with Crippen molar-refractivity contribution in [3.63, 3.8) is 0 Å². The number of nitrogens with zero attached hydrogens (tertiary/aromatic N) is 4. The van der Waals surface area contributed by atoms with E-state index in [0.717, 1.165) is 22.0 Å². The SMILES string of the molecule is Cc1noc2nc(-c3ccccc3)cc(C(=O)N3CCN(S(=O)(=O)c4ccc(F)cc4F)CC3)c12. The van der Waals surface area contributed by atoms with Crippen LogP contribution in [0.2, 0.25) is 0 Å². The highest BCUT2D eigenvalue weighted by Crippen LogP contribution is 2.29. The zero-order valence-electron chi connectivity index (χ0n) is 18.6. The van der Waals surface area contributed by atoms with Crippen molar-refractivity contribution in [3.05, 3.63) is 77.5 Å². The average Bonchev–Trinajstić information content (AvgIpc) is 3.24. The number of fused-ring (bicyclic) bond motifs is 1. The maximum atomic E-state index is 14.1. The average molecular weight is 499 g/mol. The van der Waals surface area contributed by atoms with Crippen molar-refractivity contribution in [3.8, 4) is 11.3 Å². The lowest BCUT2D eigenvalue weighted by atomic mass is 10.0. The molecule has 1 amide bonds. The Balaban J connectivity index is 1.42. The van der Waals surface area contributed by atoms with Crippen LogP contribution in [0.5, 0.6) is 0 Å². The summed E-state index contributed by atoms with van der Waals surface area (Å²) < 4.78 is 59.6. The van der Waals surface area contributed by atoms with Gasteiger partial charge in [0.2, 0.25) is 10.0 Å². The molecule has 5 rings (SSSR count). The van der Waals surface area contributed by atoms with E-state index in [1.807, 2.05) is 30.3 Å². The first-order chi connectivity index (χ1) is 16.8. The molecular weight excluding hydrogens is 478 g/mol. The smallest absolute Gasteiger partial charge is 0.259 e. The molecule has 1 saturated heterocycles. The van der Waals surface area contributed by atoms with Gasteiger partial charge in [-0.2, -0.15) is 4.31 Å². The minimum atomic E-state index is -4.18. The van der Waals surface area contributed by atoms with Crippen LogP contribution in [-0.4, -0.2) is 59.8 Å². The molecule has 1 aliphatic heterocycles. The second-order valence-electron chi connectivity index (χ2n) is 8.14. The van der Waals surface area contributed by atoms with Gasteiger partial charge in [0.15, 0.2) is 0 Å². The number of amides is 1. The third-order valence-corrected chi connectivity index (χ3v) is 7.89. The molecule has 180 valence electrons. The van der Waals surface area contributed by atoms with E-state index in [1.165, 1.54) is 4.90 Å². The Morgan fingerprint density at radius 1 is 1.00 bits per heavy atom. The number of carbonyl (C=O) groups excluding carboxylic acids is 1. The number of pyridine rings is 1. The number of aryl methyl sites for hydroxylation is 1. The molecule has 1 fully saturated rings.